The fourth-order valence-corrected chi connectivity index (χ4v) is 9.56. The van der Waals surface area contributed by atoms with Crippen molar-refractivity contribution in [2.45, 2.75) is 235 Å². The predicted octanol–water partition coefficient (Wildman–Crippen LogP) is 7.46. The standard InChI is InChI=1S/C37H60N4O7.C36H59N5O7/c1-9-30(42)24-47-20-14-18-32(43)31(21-28-16-11-10-12-17-28)40-36(46)29(23-48-37(6,7)8)22-33(44)34(25(2)3)41-35(45)26(4)15-13-19-39-27(5)38;1-8-28(42)23-47-19-13-17-31(43)30(20-26-14-10-9-11-15-26)40-34(45)27(22-48-36(5,6)7)21-32(44)33(24(2)3)41-35(46)29(38)16-12-18-39-25(4)37/h10-12,16-17,25-26,29,31,34H,9,13-15,18-24H2,1-8H3,(H2,38,39)(H,40,46)(H,41,45);9-11,14-15,24,27,29-30,33H,8,12-13,16-23,38H2,1-7H3,(H2,37,39)(H,40,45)(H,41,46)/t26-,29-,31-,34-;27-,29-,30-,33-/m00/s1. The van der Waals surface area contributed by atoms with Gasteiger partial charge in [0.2, 0.25) is 23.6 Å². The molecule has 0 fully saturated rings. The maximum Gasteiger partial charge on any atom is 0.237 e. The molecule has 10 N–H and O–H groups in total. The molecule has 2 aromatic carbocycles. The van der Waals surface area contributed by atoms with Crippen LogP contribution in [-0.2, 0) is 79.7 Å². The molecule has 2 aromatic rings. The van der Waals surface area contributed by atoms with Crippen molar-refractivity contribution in [2.75, 3.05) is 52.7 Å². The summed E-state index contributed by atoms with van der Waals surface area (Å²) in [5.41, 5.74) is 17.8. The Morgan fingerprint density at radius 1 is 0.490 bits per heavy atom. The van der Waals surface area contributed by atoms with E-state index >= 15 is 0 Å². The number of nitrogens with one attached hydrogen (secondary N) is 4. The van der Waals surface area contributed by atoms with Crippen LogP contribution in [0.5, 0.6) is 0 Å². The molecule has 0 unspecified atom stereocenters. The lowest BCUT2D eigenvalue weighted by Gasteiger charge is -2.28. The smallest absolute Gasteiger partial charge is 0.237 e. The van der Waals surface area contributed by atoms with E-state index in [0.29, 0.717) is 76.1 Å². The van der Waals surface area contributed by atoms with Gasteiger partial charge in [0, 0.05) is 70.7 Å². The van der Waals surface area contributed by atoms with Crippen LogP contribution in [-0.4, -0.2) is 164 Å². The molecule has 0 heterocycles. The van der Waals surface area contributed by atoms with Gasteiger partial charge < -0.3 is 57.4 Å². The summed E-state index contributed by atoms with van der Waals surface area (Å²) in [6, 6.07) is 14.5. The number of amides is 4. The molecular formula is C73H119N9O14. The largest absolute Gasteiger partial charge is 0.388 e. The number of ketones is 6. The topological polar surface area (TPSA) is 359 Å². The van der Waals surface area contributed by atoms with Crippen molar-refractivity contribution in [3.63, 3.8) is 0 Å². The third-order valence-electron chi connectivity index (χ3n) is 15.4. The first-order chi connectivity index (χ1) is 45.1. The molecule has 0 bridgehead atoms. The molecule has 540 valence electrons. The van der Waals surface area contributed by atoms with Crippen molar-refractivity contribution in [2.24, 2.45) is 56.8 Å². The minimum Gasteiger partial charge on any atom is -0.388 e. The molecule has 0 aliphatic heterocycles. The van der Waals surface area contributed by atoms with Crippen molar-refractivity contribution >= 4 is 70.0 Å². The van der Waals surface area contributed by atoms with Gasteiger partial charge in [0.05, 0.1) is 78.1 Å². The Morgan fingerprint density at radius 2 is 0.854 bits per heavy atom. The first-order valence-corrected chi connectivity index (χ1v) is 34.2. The number of hydrogen-bond acceptors (Lipinski definition) is 17. The van der Waals surface area contributed by atoms with E-state index in [1.807, 2.05) is 137 Å². The first kappa shape index (κ1) is 87.1. The van der Waals surface area contributed by atoms with E-state index in [-0.39, 0.29) is 137 Å². The zero-order chi connectivity index (χ0) is 72.6. The third-order valence-corrected chi connectivity index (χ3v) is 15.4. The van der Waals surface area contributed by atoms with Crippen LogP contribution in [0.25, 0.3) is 0 Å². The Bertz CT molecular complexity index is 2570. The number of benzene rings is 2. The van der Waals surface area contributed by atoms with Crippen molar-refractivity contribution in [1.29, 1.82) is 0 Å². The molecule has 4 amide bonds. The van der Waals surface area contributed by atoms with E-state index in [9.17, 15) is 47.9 Å². The minimum atomic E-state index is -0.921. The highest BCUT2D eigenvalue weighted by atomic mass is 16.5. The number of nitrogens with zero attached hydrogens (tertiary/aromatic N) is 2. The van der Waals surface area contributed by atoms with Crippen LogP contribution < -0.4 is 38.5 Å². The molecular weight excluding hydrogens is 1230 g/mol. The zero-order valence-corrected chi connectivity index (χ0v) is 60.4. The van der Waals surface area contributed by atoms with E-state index in [4.69, 9.17) is 36.1 Å². The maximum absolute atomic E-state index is 13.8. The molecule has 0 spiro atoms. The molecule has 0 aromatic heterocycles. The number of nitrogens with two attached hydrogens (primary N) is 3. The zero-order valence-electron chi connectivity index (χ0n) is 60.4. The van der Waals surface area contributed by atoms with E-state index in [1.54, 1.807) is 27.7 Å². The van der Waals surface area contributed by atoms with Crippen LogP contribution in [0.15, 0.2) is 70.6 Å². The highest BCUT2D eigenvalue weighted by Crippen LogP contribution is 2.21. The van der Waals surface area contributed by atoms with Gasteiger partial charge in [0.25, 0.3) is 0 Å². The van der Waals surface area contributed by atoms with Crippen LogP contribution in [0.4, 0.5) is 0 Å². The van der Waals surface area contributed by atoms with E-state index < -0.39 is 71.0 Å². The van der Waals surface area contributed by atoms with Gasteiger partial charge in [-0.1, -0.05) is 109 Å². The summed E-state index contributed by atoms with van der Waals surface area (Å²) < 4.78 is 22.7. The van der Waals surface area contributed by atoms with Gasteiger partial charge in [-0.25, -0.2) is 0 Å². The van der Waals surface area contributed by atoms with Gasteiger partial charge in [0.1, 0.15) is 13.2 Å². The van der Waals surface area contributed by atoms with Crippen molar-refractivity contribution < 1.29 is 66.9 Å². The number of ether oxygens (including phenoxy) is 4. The average Bonchev–Trinajstić information content (AvgIpc) is 0.936. The summed E-state index contributed by atoms with van der Waals surface area (Å²) in [4.78, 5) is 139. The Balaban J connectivity index is 0.000000960. The first-order valence-electron chi connectivity index (χ1n) is 34.2. The quantitative estimate of drug-likeness (QED) is 0.0192. The van der Waals surface area contributed by atoms with Gasteiger partial charge in [-0.05, 0) is 130 Å². The lowest BCUT2D eigenvalue weighted by Crippen LogP contribution is -2.52. The minimum absolute atomic E-state index is 0.00566. The Morgan fingerprint density at radius 3 is 1.20 bits per heavy atom. The number of carbonyl (C=O) groups is 10. The number of amidine groups is 2. The lowest BCUT2D eigenvalue weighted by molar-refractivity contribution is -0.138. The van der Waals surface area contributed by atoms with Gasteiger partial charge in [-0.3, -0.25) is 57.9 Å². The van der Waals surface area contributed by atoms with Crippen LogP contribution in [0.2, 0.25) is 0 Å². The van der Waals surface area contributed by atoms with E-state index in [1.165, 1.54) is 0 Å². The second kappa shape index (κ2) is 47.1. The summed E-state index contributed by atoms with van der Waals surface area (Å²) in [6.07, 6.45) is 4.22. The van der Waals surface area contributed by atoms with Crippen molar-refractivity contribution in [3.05, 3.63) is 71.8 Å². The Hall–Kier alpha value is -6.92. The highest BCUT2D eigenvalue weighted by Gasteiger charge is 2.36. The van der Waals surface area contributed by atoms with Gasteiger partial charge in [-0.2, -0.15) is 0 Å². The molecule has 0 saturated carbocycles. The number of rotatable bonds is 48. The summed E-state index contributed by atoms with van der Waals surface area (Å²) >= 11 is 0. The van der Waals surface area contributed by atoms with Crippen molar-refractivity contribution in [1.82, 2.24) is 21.3 Å². The molecule has 8 atom stereocenters. The van der Waals surface area contributed by atoms with Crippen molar-refractivity contribution in [3.8, 4) is 0 Å². The Kier molecular flexibility index (Phi) is 42.7. The number of hydrogen-bond donors (Lipinski definition) is 7. The monoisotopic (exact) mass is 1350 g/mol. The molecule has 2 rings (SSSR count). The average molecular weight is 1350 g/mol. The molecule has 23 heteroatoms. The third kappa shape index (κ3) is 40.0. The van der Waals surface area contributed by atoms with Crippen LogP contribution in [0.3, 0.4) is 0 Å². The fraction of sp³-hybridized carbons (Fsp3) is 0.671. The normalized spacial score (nSPS) is 14.6. The van der Waals surface area contributed by atoms with Crippen LogP contribution in [0.1, 0.15) is 192 Å². The summed E-state index contributed by atoms with van der Waals surface area (Å²) in [6.45, 7) is 28.6. The number of aliphatic imine (C=N–C) groups is 2. The summed E-state index contributed by atoms with van der Waals surface area (Å²) in [5, 5.41) is 11.5. The second-order valence-electron chi connectivity index (χ2n) is 27.4. The Labute approximate surface area is 572 Å². The fourth-order valence-electron chi connectivity index (χ4n) is 9.56. The summed E-state index contributed by atoms with van der Waals surface area (Å²) in [7, 11) is 0. The molecule has 96 heavy (non-hydrogen) atoms. The van der Waals surface area contributed by atoms with Gasteiger partial charge in [-0.15, -0.1) is 0 Å². The predicted molar refractivity (Wildman–Crippen MR) is 376 cm³/mol. The van der Waals surface area contributed by atoms with Crippen LogP contribution in [0, 0.1) is 29.6 Å². The number of Topliss-reactive ketones (excluding diaryl/α,β-unsaturated/α-hetero) is 6. The molecule has 0 saturated heterocycles. The van der Waals surface area contributed by atoms with Gasteiger partial charge >= 0.3 is 0 Å². The van der Waals surface area contributed by atoms with E-state index in [0.717, 1.165) is 11.1 Å². The lowest BCUT2D eigenvalue weighted by atomic mass is 9.91. The van der Waals surface area contributed by atoms with Gasteiger partial charge in [0.15, 0.2) is 34.7 Å². The highest BCUT2D eigenvalue weighted by molar-refractivity contribution is 5.96. The number of carbonyl (C=O) groups excluding carboxylic acids is 10. The molecule has 0 aliphatic rings. The molecule has 23 nitrogen and oxygen atoms in total. The van der Waals surface area contributed by atoms with E-state index in [2.05, 4.69) is 31.3 Å². The second-order valence-corrected chi connectivity index (χ2v) is 27.4. The maximum atomic E-state index is 13.8. The summed E-state index contributed by atoms with van der Waals surface area (Å²) in [5.74, 6) is -4.34. The molecule has 0 radical (unpaired) electrons. The molecule has 0 aliphatic carbocycles. The van der Waals surface area contributed by atoms with Crippen LogP contribution >= 0.6 is 0 Å². The SMILES string of the molecule is CCC(=O)COCCCC(=O)[C@H](Cc1ccccc1)NC(=O)[C@H](COC(C)(C)C)CC(=O)[C@@H](NC(=O)[C@@H](C)CCCN=C(C)N)C(C)C.CCC(=O)COCCCC(=O)[C@H](Cc1ccccc1)NC(=O)[C@H](COC(C)(C)C)CC(=O)[C@@H](NC(=O)[C@@H](N)CCCN=C(C)N)C(C)C.